The number of halogens is 3. The van der Waals surface area contributed by atoms with Gasteiger partial charge in [0.15, 0.2) is 0 Å². The minimum atomic E-state index is -3.71. The number of hydrogen-bond donors (Lipinski definition) is 2. The van der Waals surface area contributed by atoms with Crippen molar-refractivity contribution >= 4 is 81.9 Å². The number of rotatable bonds is 7. The van der Waals surface area contributed by atoms with Crippen molar-refractivity contribution in [2.75, 3.05) is 0 Å². The van der Waals surface area contributed by atoms with E-state index in [1.807, 2.05) is 36.4 Å². The fourth-order valence-electron chi connectivity index (χ4n) is 11.0. The Hall–Kier alpha value is -4.73. The molecule has 360 valence electrons. The summed E-state index contributed by atoms with van der Waals surface area (Å²) in [5.74, 6) is 8.38. The normalized spacial score (nSPS) is 21.1. The fourth-order valence-corrected chi connectivity index (χ4v) is 18.7. The van der Waals surface area contributed by atoms with Gasteiger partial charge in [-0.3, -0.25) is 0 Å². The smallest absolute Gasteiger partial charge is 0.0134 e. The van der Waals surface area contributed by atoms with Gasteiger partial charge in [0.05, 0.1) is 0 Å². The van der Waals surface area contributed by atoms with Crippen LogP contribution in [-0.4, -0.2) is 15.8 Å². The van der Waals surface area contributed by atoms with Crippen molar-refractivity contribution in [2.24, 2.45) is 20.8 Å². The van der Waals surface area contributed by atoms with E-state index in [0.717, 1.165) is 37.7 Å². The number of phenols is 1. The van der Waals surface area contributed by atoms with Crippen molar-refractivity contribution in [3.05, 3.63) is 241 Å². The standard InChI is InChI=1S/C26H27NO2.2C18H15P.3ClH.Re/c1-25-13-11-22-21-9-7-20(28)16-18(21)4-8-23(22)24(25)12-15-26(25,29)14-10-17-2-5-19(27)6-3-17;2*1-4-10-16(11-5-1)19(17-12-6-2-7-13-17)18-14-8-3-9-15-18;;;;/h2-3,5-7,9,16,22-24,28-29H,4,8,11-13,15H2,1H3;2*1-15H;3*1H;/q;;;;;;+3/p-3/t22-,23-,24+,25+,26+;;;;;;/m1....../s1. The summed E-state index contributed by atoms with van der Waals surface area (Å²) in [5, 5.41) is 30.0. The molecule has 8 aromatic carbocycles. The van der Waals surface area contributed by atoms with Crippen LogP contribution < -0.4 is 31.8 Å². The average molecular weight is 1200 g/mol. The van der Waals surface area contributed by atoms with Gasteiger partial charge in [0.2, 0.25) is 0 Å². The van der Waals surface area contributed by atoms with Crippen LogP contribution in [0.25, 0.3) is 0 Å². The van der Waals surface area contributed by atoms with Gasteiger partial charge in [-0.1, -0.05) is 188 Å². The van der Waals surface area contributed by atoms with E-state index in [2.05, 4.69) is 210 Å². The second-order valence-corrected chi connectivity index (χ2v) is 39.9. The second kappa shape index (κ2) is 23.4. The summed E-state index contributed by atoms with van der Waals surface area (Å²) in [6.45, 7) is 2.25. The molecule has 0 bridgehead atoms. The number of aliphatic hydroxyl groups is 1. The maximum atomic E-state index is 11.8. The second-order valence-electron chi connectivity index (χ2n) is 18.6. The molecule has 2 fully saturated rings. The number of fused-ring (bicyclic) bond motifs is 5. The van der Waals surface area contributed by atoms with Crippen LogP contribution in [0.2, 0.25) is 0 Å². The van der Waals surface area contributed by atoms with Crippen LogP contribution in [0.15, 0.2) is 228 Å². The SMILES string of the molecule is C[C@]12CC[C@@H]3c4ccc(O)cc4CC[C@H]3[C@@H]1CC[C@@]2(O)C#Cc1ccc([N]=[Re]([Cl])([Cl])[Cl])cc1.c1ccc(P(c2ccccc2)c2ccccc2)cc1.c1ccc(P(c2ccccc2)c2ccccc2)cc1. The van der Waals surface area contributed by atoms with Crippen molar-refractivity contribution in [1.82, 2.24) is 0 Å². The Morgan fingerprint density at radius 3 is 1.37 bits per heavy atom. The maximum absolute atomic E-state index is 11.8. The van der Waals surface area contributed by atoms with Crippen LogP contribution in [0.5, 0.6) is 5.75 Å². The fraction of sp³-hybridized carbons (Fsp3) is 0.194. The first kappa shape index (κ1) is 51.2. The molecular formula is C62H57Cl3NO2P2Re. The first-order valence-electron chi connectivity index (χ1n) is 24.2. The quantitative estimate of drug-likeness (QED) is 0.123. The van der Waals surface area contributed by atoms with E-state index in [4.69, 9.17) is 28.6 Å². The molecule has 3 nitrogen and oxygen atoms in total. The van der Waals surface area contributed by atoms with Crippen molar-refractivity contribution in [1.29, 1.82) is 0 Å². The Bertz CT molecular complexity index is 2790. The van der Waals surface area contributed by atoms with Crippen LogP contribution in [-0.2, 0) is 18.7 Å². The molecule has 9 heteroatoms. The molecule has 11 rings (SSSR count). The number of hydrogen-bond acceptors (Lipinski definition) is 3. The average Bonchev–Trinajstić information content (AvgIpc) is 3.67. The molecule has 8 aromatic rings. The summed E-state index contributed by atoms with van der Waals surface area (Å²) >= 11 is -3.71. The monoisotopic (exact) mass is 1200 g/mol. The third-order valence-electron chi connectivity index (χ3n) is 14.4. The molecule has 0 saturated heterocycles. The van der Waals surface area contributed by atoms with Gasteiger partial charge >= 0.3 is 165 Å². The van der Waals surface area contributed by atoms with Crippen molar-refractivity contribution in [3.63, 3.8) is 0 Å². The number of aryl methyl sites for hydroxylation is 1. The van der Waals surface area contributed by atoms with Gasteiger partial charge in [0.1, 0.15) is 5.75 Å². The first-order valence-corrected chi connectivity index (χ1v) is 38.2. The third kappa shape index (κ3) is 12.4. The van der Waals surface area contributed by atoms with E-state index in [1.165, 1.54) is 43.0 Å². The molecule has 71 heavy (non-hydrogen) atoms. The molecule has 0 spiro atoms. The Labute approximate surface area is 437 Å². The van der Waals surface area contributed by atoms with Gasteiger partial charge < -0.3 is 5.11 Å². The Morgan fingerprint density at radius 1 is 0.535 bits per heavy atom. The third-order valence-corrected chi connectivity index (χ3v) is 22.3. The zero-order valence-electron chi connectivity index (χ0n) is 39.6. The van der Waals surface area contributed by atoms with E-state index in [9.17, 15) is 10.2 Å². The van der Waals surface area contributed by atoms with Gasteiger partial charge in [-0.15, -0.1) is 0 Å². The summed E-state index contributed by atoms with van der Waals surface area (Å²) in [6, 6.07) is 77.9. The van der Waals surface area contributed by atoms with Gasteiger partial charge in [-0.05, 0) is 77.4 Å². The summed E-state index contributed by atoms with van der Waals surface area (Å²) in [7, 11) is 16.9. The molecule has 0 radical (unpaired) electrons. The maximum Gasteiger partial charge on any atom is -0.0134 e. The van der Waals surface area contributed by atoms with E-state index in [0.29, 0.717) is 35.6 Å². The van der Waals surface area contributed by atoms with E-state index >= 15 is 0 Å². The molecule has 2 N–H and O–H groups in total. The number of benzene rings is 8. The van der Waals surface area contributed by atoms with Crippen molar-refractivity contribution in [3.8, 4) is 17.6 Å². The van der Waals surface area contributed by atoms with E-state index in [-0.39, 0.29) is 5.41 Å². The van der Waals surface area contributed by atoms with Gasteiger partial charge in [-0.2, -0.15) is 0 Å². The summed E-state index contributed by atoms with van der Waals surface area (Å²) in [5.41, 5.74) is 2.97. The Morgan fingerprint density at radius 2 is 0.958 bits per heavy atom. The van der Waals surface area contributed by atoms with Gasteiger partial charge in [-0.25, -0.2) is 0 Å². The predicted octanol–water partition coefficient (Wildman–Crippen LogP) is 14.4. The number of nitrogens with zero attached hydrogens (tertiary/aromatic N) is 1. The molecule has 0 aromatic heterocycles. The number of aromatic hydroxyl groups is 1. The molecule has 0 heterocycles. The Kier molecular flexibility index (Phi) is 16.9. The zero-order valence-corrected chi connectivity index (χ0v) is 46.4. The van der Waals surface area contributed by atoms with Gasteiger partial charge in [0, 0.05) is 0 Å². The van der Waals surface area contributed by atoms with Crippen molar-refractivity contribution < 1.29 is 22.5 Å². The molecule has 2 saturated carbocycles. The van der Waals surface area contributed by atoms with Gasteiger partial charge in [0.25, 0.3) is 0 Å². The Balaban J connectivity index is 0.000000141. The van der Waals surface area contributed by atoms with Crippen molar-refractivity contribution in [2.45, 2.75) is 57.0 Å². The minimum Gasteiger partial charge on any atom is -0.0622 e. The van der Waals surface area contributed by atoms with Crippen LogP contribution in [0.4, 0.5) is 5.69 Å². The van der Waals surface area contributed by atoms with Crippen LogP contribution >= 0.6 is 44.4 Å². The minimum absolute atomic E-state index is 0.214. The predicted molar refractivity (Wildman–Crippen MR) is 301 cm³/mol. The molecule has 5 atom stereocenters. The molecule has 0 amide bonds. The summed E-state index contributed by atoms with van der Waals surface area (Å²) < 4.78 is 4.19. The first-order chi connectivity index (χ1) is 34.5. The zero-order chi connectivity index (χ0) is 49.3. The van der Waals surface area contributed by atoms with E-state index < -0.39 is 33.7 Å². The molecule has 3 aliphatic carbocycles. The largest absolute Gasteiger partial charge is 0.0622 e. The molecule has 0 unspecified atom stereocenters. The van der Waals surface area contributed by atoms with Crippen LogP contribution in [0.3, 0.4) is 0 Å². The summed E-state index contributed by atoms with van der Waals surface area (Å²) in [4.78, 5) is 0. The molecular weight excluding hydrogens is 1150 g/mol. The topological polar surface area (TPSA) is 52.8 Å². The summed E-state index contributed by atoms with van der Waals surface area (Å²) in [6.07, 6.45) is 5.84. The van der Waals surface area contributed by atoms with E-state index in [1.54, 1.807) is 0 Å². The molecule has 0 aliphatic heterocycles. The molecule has 3 aliphatic rings. The van der Waals surface area contributed by atoms with Crippen LogP contribution in [0.1, 0.15) is 61.6 Å². The van der Waals surface area contributed by atoms with Crippen LogP contribution in [0, 0.1) is 29.1 Å². The number of phenolic OH excluding ortho intramolecular Hbond substituents is 1.